The molecule has 2 N–H and O–H groups in total. The van der Waals surface area contributed by atoms with Crippen LogP contribution in [0.2, 0.25) is 5.02 Å². The normalized spacial score (nSPS) is 14.1. The van der Waals surface area contributed by atoms with Gasteiger partial charge in [0.05, 0.1) is 22.0 Å². The number of H-pyrrole nitrogens is 1. The van der Waals surface area contributed by atoms with Crippen molar-refractivity contribution in [3.05, 3.63) is 59.2 Å². The summed E-state index contributed by atoms with van der Waals surface area (Å²) in [5.41, 5.74) is 0.454. The number of carbonyl (C=O) groups is 1. The van der Waals surface area contributed by atoms with Crippen molar-refractivity contribution in [3.8, 4) is 11.4 Å². The number of benzene rings is 2. The number of fused-ring (bicyclic) bond motifs is 1. The molecule has 2 aromatic carbocycles. The number of rotatable bonds is 6. The number of para-hydroxylation sites is 2. The van der Waals surface area contributed by atoms with Gasteiger partial charge < -0.3 is 10.3 Å². The highest BCUT2D eigenvalue weighted by atomic mass is 35.5. The van der Waals surface area contributed by atoms with Crippen molar-refractivity contribution in [2.75, 3.05) is 11.1 Å². The average molecular weight is 492 g/mol. The van der Waals surface area contributed by atoms with Gasteiger partial charge in [0.25, 0.3) is 0 Å². The molecule has 0 radical (unpaired) electrons. The van der Waals surface area contributed by atoms with Gasteiger partial charge in [-0.05, 0) is 31.0 Å². The first kappa shape index (κ1) is 21.8. The van der Waals surface area contributed by atoms with Crippen LogP contribution in [0.3, 0.4) is 0 Å². The predicted molar refractivity (Wildman–Crippen MR) is 121 cm³/mol. The SMILES string of the molecule is O=C(CSc1nnc(-c2c[nH]c3ccccc23)n1C1CC1)Nc1c(Cl)cccc1C(F)(F)F. The molecule has 0 unspecified atom stereocenters. The third kappa shape index (κ3) is 4.32. The largest absolute Gasteiger partial charge is 0.418 e. The van der Waals surface area contributed by atoms with Crippen molar-refractivity contribution in [2.24, 2.45) is 0 Å². The summed E-state index contributed by atoms with van der Waals surface area (Å²) in [6, 6.07) is 11.5. The molecule has 2 aromatic heterocycles. The van der Waals surface area contributed by atoms with Gasteiger partial charge in [0, 0.05) is 28.7 Å². The molecule has 1 fully saturated rings. The van der Waals surface area contributed by atoms with Gasteiger partial charge in [0.15, 0.2) is 11.0 Å². The molecule has 1 aliphatic carbocycles. The van der Waals surface area contributed by atoms with Crippen LogP contribution in [0.15, 0.2) is 53.8 Å². The standard InChI is InChI=1S/C22H17ClF3N5OS/c23-16-6-3-5-15(22(24,25)26)19(16)28-18(32)11-33-21-30-29-20(31(21)12-8-9-12)14-10-27-17-7-2-1-4-13(14)17/h1-7,10,12,27H,8-9,11H2,(H,28,32). The Morgan fingerprint density at radius 2 is 1.97 bits per heavy atom. The lowest BCUT2D eigenvalue weighted by Crippen LogP contribution is -2.19. The Bertz CT molecular complexity index is 1350. The molecule has 0 spiro atoms. The number of carbonyl (C=O) groups excluding carboxylic acids is 1. The van der Waals surface area contributed by atoms with Crippen molar-refractivity contribution in [1.82, 2.24) is 19.7 Å². The van der Waals surface area contributed by atoms with Crippen LogP contribution < -0.4 is 5.32 Å². The van der Waals surface area contributed by atoms with E-state index in [9.17, 15) is 18.0 Å². The molecule has 4 aromatic rings. The van der Waals surface area contributed by atoms with Crippen molar-refractivity contribution in [2.45, 2.75) is 30.2 Å². The second kappa shape index (κ2) is 8.42. The lowest BCUT2D eigenvalue weighted by molar-refractivity contribution is -0.137. The van der Waals surface area contributed by atoms with Crippen LogP contribution in [0.1, 0.15) is 24.4 Å². The molecule has 0 atom stereocenters. The van der Waals surface area contributed by atoms with Crippen molar-refractivity contribution in [3.63, 3.8) is 0 Å². The molecular weight excluding hydrogens is 475 g/mol. The fraction of sp³-hybridized carbons (Fsp3) is 0.227. The molecule has 33 heavy (non-hydrogen) atoms. The molecule has 0 aliphatic heterocycles. The van der Waals surface area contributed by atoms with Gasteiger partial charge in [-0.1, -0.05) is 47.6 Å². The first-order chi connectivity index (χ1) is 15.8. The average Bonchev–Trinajstić information content (AvgIpc) is 3.38. The predicted octanol–water partition coefficient (Wildman–Crippen LogP) is 6.16. The van der Waals surface area contributed by atoms with E-state index < -0.39 is 23.3 Å². The number of halogens is 4. The van der Waals surface area contributed by atoms with Crippen molar-refractivity contribution < 1.29 is 18.0 Å². The van der Waals surface area contributed by atoms with E-state index in [4.69, 9.17) is 11.6 Å². The number of hydrogen-bond acceptors (Lipinski definition) is 4. The maximum absolute atomic E-state index is 13.3. The molecule has 0 saturated heterocycles. The number of nitrogens with zero attached hydrogens (tertiary/aromatic N) is 3. The van der Waals surface area contributed by atoms with E-state index in [0.717, 1.165) is 47.1 Å². The number of hydrogen-bond donors (Lipinski definition) is 2. The number of aromatic amines is 1. The maximum Gasteiger partial charge on any atom is 0.418 e. The molecule has 5 rings (SSSR count). The molecule has 1 amide bonds. The van der Waals surface area contributed by atoms with E-state index >= 15 is 0 Å². The fourth-order valence-electron chi connectivity index (χ4n) is 3.67. The topological polar surface area (TPSA) is 75.6 Å². The van der Waals surface area contributed by atoms with Gasteiger partial charge >= 0.3 is 6.18 Å². The van der Waals surface area contributed by atoms with Crippen LogP contribution in [-0.4, -0.2) is 31.4 Å². The molecule has 0 bridgehead atoms. The smallest absolute Gasteiger partial charge is 0.360 e. The summed E-state index contributed by atoms with van der Waals surface area (Å²) < 4.78 is 41.9. The lowest BCUT2D eigenvalue weighted by atomic mass is 10.1. The van der Waals surface area contributed by atoms with E-state index in [-0.39, 0.29) is 16.8 Å². The Morgan fingerprint density at radius 3 is 2.73 bits per heavy atom. The van der Waals surface area contributed by atoms with Crippen LogP contribution in [-0.2, 0) is 11.0 Å². The van der Waals surface area contributed by atoms with Gasteiger partial charge in [0.2, 0.25) is 5.91 Å². The third-order valence-corrected chi connectivity index (χ3v) is 6.58. The summed E-state index contributed by atoms with van der Waals surface area (Å²) in [5, 5.41) is 12.3. The van der Waals surface area contributed by atoms with E-state index in [1.54, 1.807) is 0 Å². The second-order valence-electron chi connectivity index (χ2n) is 7.65. The van der Waals surface area contributed by atoms with E-state index in [1.807, 2.05) is 35.0 Å². The van der Waals surface area contributed by atoms with Gasteiger partial charge in [-0.25, -0.2) is 0 Å². The van der Waals surface area contributed by atoms with E-state index in [0.29, 0.717) is 11.0 Å². The Morgan fingerprint density at radius 1 is 1.18 bits per heavy atom. The summed E-state index contributed by atoms with van der Waals surface area (Å²) in [6.45, 7) is 0. The second-order valence-corrected chi connectivity index (χ2v) is 9.00. The van der Waals surface area contributed by atoms with Crippen LogP contribution in [0, 0.1) is 0 Å². The lowest BCUT2D eigenvalue weighted by Gasteiger charge is -2.15. The zero-order valence-corrected chi connectivity index (χ0v) is 18.6. The number of amides is 1. The Hall–Kier alpha value is -2.98. The van der Waals surface area contributed by atoms with Crippen LogP contribution in [0.25, 0.3) is 22.3 Å². The summed E-state index contributed by atoms with van der Waals surface area (Å²) in [7, 11) is 0. The van der Waals surface area contributed by atoms with Crippen molar-refractivity contribution in [1.29, 1.82) is 0 Å². The zero-order valence-electron chi connectivity index (χ0n) is 17.0. The van der Waals surface area contributed by atoms with E-state index in [2.05, 4.69) is 20.5 Å². The number of alkyl halides is 3. The number of anilines is 1. The monoisotopic (exact) mass is 491 g/mol. The van der Waals surface area contributed by atoms with Crippen LogP contribution in [0.5, 0.6) is 0 Å². The number of aromatic nitrogens is 4. The number of thioether (sulfide) groups is 1. The highest BCUT2D eigenvalue weighted by Gasteiger charge is 2.35. The van der Waals surface area contributed by atoms with Crippen molar-refractivity contribution >= 4 is 45.9 Å². The fourth-order valence-corrected chi connectivity index (χ4v) is 4.70. The van der Waals surface area contributed by atoms with Crippen LogP contribution >= 0.6 is 23.4 Å². The molecule has 1 saturated carbocycles. The summed E-state index contributed by atoms with van der Waals surface area (Å²) in [4.78, 5) is 15.7. The van der Waals surface area contributed by atoms with Gasteiger partial charge in [-0.15, -0.1) is 10.2 Å². The molecule has 1 aliphatic rings. The summed E-state index contributed by atoms with van der Waals surface area (Å²) in [5.74, 6) is -0.0535. The quantitative estimate of drug-likeness (QED) is 0.316. The Kier molecular flexibility index (Phi) is 5.57. The zero-order chi connectivity index (χ0) is 23.2. The minimum Gasteiger partial charge on any atom is -0.360 e. The molecule has 11 heteroatoms. The Balaban J connectivity index is 1.37. The molecule has 2 heterocycles. The highest BCUT2D eigenvalue weighted by Crippen LogP contribution is 2.42. The maximum atomic E-state index is 13.3. The highest BCUT2D eigenvalue weighted by molar-refractivity contribution is 7.99. The third-order valence-electron chi connectivity index (χ3n) is 5.32. The minimum absolute atomic E-state index is 0.138. The Labute approximate surface area is 195 Å². The van der Waals surface area contributed by atoms with Gasteiger partial charge in [0.1, 0.15) is 0 Å². The minimum atomic E-state index is -4.64. The first-order valence-electron chi connectivity index (χ1n) is 10.1. The van der Waals surface area contributed by atoms with Crippen LogP contribution in [0.4, 0.5) is 18.9 Å². The molecular formula is C22H17ClF3N5OS. The molecule has 170 valence electrons. The van der Waals surface area contributed by atoms with Gasteiger partial charge in [-0.2, -0.15) is 13.2 Å². The first-order valence-corrected chi connectivity index (χ1v) is 11.5. The molecule has 6 nitrogen and oxygen atoms in total. The summed E-state index contributed by atoms with van der Waals surface area (Å²) >= 11 is 7.06. The number of nitrogens with one attached hydrogen (secondary N) is 2. The van der Waals surface area contributed by atoms with Gasteiger partial charge in [-0.3, -0.25) is 9.36 Å². The van der Waals surface area contributed by atoms with E-state index in [1.165, 1.54) is 12.1 Å². The summed E-state index contributed by atoms with van der Waals surface area (Å²) in [6.07, 6.45) is -0.810.